The van der Waals surface area contributed by atoms with E-state index >= 15 is 0 Å². The van der Waals surface area contributed by atoms with Gasteiger partial charge >= 0.3 is 12.3 Å². The standard InChI is InChI=1S/C14H16F2N4O3/c1-8(10-4-6-11(7-5-10)23-14(15)16)17-13-12(20(21)22)9(2)18-19(13)3/h4-8,14,17H,1-3H3/t8-/m0/s1. The molecule has 1 aromatic carbocycles. The fraction of sp³-hybridized carbons (Fsp3) is 0.357. The van der Waals surface area contributed by atoms with Crippen molar-refractivity contribution in [1.82, 2.24) is 9.78 Å². The molecular formula is C14H16F2N4O3. The van der Waals surface area contributed by atoms with Crippen LogP contribution in [0.5, 0.6) is 5.75 Å². The summed E-state index contributed by atoms with van der Waals surface area (Å²) in [6.45, 7) is 0.482. The summed E-state index contributed by atoms with van der Waals surface area (Å²) in [5.74, 6) is 0.339. The Morgan fingerprint density at radius 1 is 1.35 bits per heavy atom. The third kappa shape index (κ3) is 3.74. The van der Waals surface area contributed by atoms with Gasteiger partial charge in [-0.3, -0.25) is 10.1 Å². The average molecular weight is 326 g/mol. The normalized spacial score (nSPS) is 12.3. The number of nitrogens with zero attached hydrogens (tertiary/aromatic N) is 3. The van der Waals surface area contributed by atoms with Gasteiger partial charge in [0, 0.05) is 7.05 Å². The first-order valence-electron chi connectivity index (χ1n) is 6.79. The number of ether oxygens (including phenoxy) is 1. The smallest absolute Gasteiger partial charge is 0.387 e. The number of aryl methyl sites for hydroxylation is 2. The zero-order valence-electron chi connectivity index (χ0n) is 12.8. The fourth-order valence-electron chi connectivity index (χ4n) is 2.25. The molecule has 0 spiro atoms. The minimum absolute atomic E-state index is 0.0540. The largest absolute Gasteiger partial charge is 0.435 e. The number of hydrogen-bond acceptors (Lipinski definition) is 5. The first-order chi connectivity index (χ1) is 10.8. The van der Waals surface area contributed by atoms with E-state index in [-0.39, 0.29) is 23.3 Å². The van der Waals surface area contributed by atoms with Gasteiger partial charge in [-0.2, -0.15) is 13.9 Å². The van der Waals surface area contributed by atoms with E-state index in [1.807, 2.05) is 0 Å². The van der Waals surface area contributed by atoms with Crippen molar-refractivity contribution in [1.29, 1.82) is 0 Å². The Labute approximate surface area is 131 Å². The molecule has 0 aliphatic rings. The number of alkyl halides is 2. The Balaban J connectivity index is 2.19. The van der Waals surface area contributed by atoms with Crippen molar-refractivity contribution >= 4 is 11.5 Å². The Kier molecular flexibility index (Phi) is 4.77. The topological polar surface area (TPSA) is 82.2 Å². The average Bonchev–Trinajstić information content (AvgIpc) is 2.73. The predicted octanol–water partition coefficient (Wildman–Crippen LogP) is 3.41. The van der Waals surface area contributed by atoms with Crippen LogP contribution in [0.15, 0.2) is 24.3 Å². The summed E-state index contributed by atoms with van der Waals surface area (Å²) in [5.41, 5.74) is 0.990. The molecule has 124 valence electrons. The molecule has 2 rings (SSSR count). The molecule has 2 aromatic rings. The van der Waals surface area contributed by atoms with Gasteiger partial charge in [0.2, 0.25) is 5.82 Å². The van der Waals surface area contributed by atoms with E-state index in [1.54, 1.807) is 33.0 Å². The van der Waals surface area contributed by atoms with E-state index in [2.05, 4.69) is 15.2 Å². The van der Waals surface area contributed by atoms with Crippen molar-refractivity contribution in [3.8, 4) is 5.75 Å². The van der Waals surface area contributed by atoms with Gasteiger partial charge in [0.25, 0.3) is 0 Å². The van der Waals surface area contributed by atoms with Gasteiger partial charge in [0.05, 0.1) is 11.0 Å². The van der Waals surface area contributed by atoms with Crippen LogP contribution in [0.4, 0.5) is 20.3 Å². The van der Waals surface area contributed by atoms with Crippen LogP contribution in [0, 0.1) is 17.0 Å². The number of aromatic nitrogens is 2. The minimum atomic E-state index is -2.88. The van der Waals surface area contributed by atoms with Crippen molar-refractivity contribution in [2.75, 3.05) is 5.32 Å². The summed E-state index contributed by atoms with van der Waals surface area (Å²) in [5, 5.41) is 18.2. The molecule has 9 heteroatoms. The van der Waals surface area contributed by atoms with Crippen LogP contribution in [-0.4, -0.2) is 21.3 Å². The van der Waals surface area contributed by atoms with Crippen LogP contribution >= 0.6 is 0 Å². The summed E-state index contributed by atoms with van der Waals surface area (Å²) < 4.78 is 29.9. The van der Waals surface area contributed by atoms with E-state index in [0.29, 0.717) is 5.69 Å². The molecule has 1 N–H and O–H groups in total. The summed E-state index contributed by atoms with van der Waals surface area (Å²) in [4.78, 5) is 10.7. The van der Waals surface area contributed by atoms with Crippen LogP contribution in [0.1, 0.15) is 24.2 Å². The number of anilines is 1. The highest BCUT2D eigenvalue weighted by molar-refractivity contribution is 5.60. The molecule has 0 bridgehead atoms. The van der Waals surface area contributed by atoms with Crippen LogP contribution < -0.4 is 10.1 Å². The highest BCUT2D eigenvalue weighted by atomic mass is 19.3. The maximum Gasteiger partial charge on any atom is 0.387 e. The highest BCUT2D eigenvalue weighted by Gasteiger charge is 2.25. The third-order valence-corrected chi connectivity index (χ3v) is 3.33. The van der Waals surface area contributed by atoms with Crippen molar-refractivity contribution in [2.45, 2.75) is 26.5 Å². The predicted molar refractivity (Wildman–Crippen MR) is 79.7 cm³/mol. The van der Waals surface area contributed by atoms with Crippen LogP contribution in [0.3, 0.4) is 0 Å². The molecule has 1 heterocycles. The Bertz CT molecular complexity index is 701. The number of nitrogens with one attached hydrogen (secondary N) is 1. The second kappa shape index (κ2) is 6.59. The van der Waals surface area contributed by atoms with Crippen LogP contribution in [0.2, 0.25) is 0 Å². The maximum absolute atomic E-state index is 12.1. The van der Waals surface area contributed by atoms with Gasteiger partial charge in [-0.05, 0) is 31.5 Å². The molecule has 23 heavy (non-hydrogen) atoms. The summed E-state index contributed by atoms with van der Waals surface area (Å²) in [7, 11) is 1.61. The summed E-state index contributed by atoms with van der Waals surface area (Å²) in [6.07, 6.45) is 0. The number of halogens is 2. The summed E-state index contributed by atoms with van der Waals surface area (Å²) in [6, 6.07) is 5.78. The monoisotopic (exact) mass is 326 g/mol. The van der Waals surface area contributed by atoms with Crippen molar-refractivity contribution in [2.24, 2.45) is 7.05 Å². The van der Waals surface area contributed by atoms with E-state index in [9.17, 15) is 18.9 Å². The van der Waals surface area contributed by atoms with Gasteiger partial charge < -0.3 is 10.1 Å². The lowest BCUT2D eigenvalue weighted by Gasteiger charge is -2.15. The molecule has 0 saturated carbocycles. The molecule has 0 unspecified atom stereocenters. The lowest BCUT2D eigenvalue weighted by Crippen LogP contribution is -2.11. The molecule has 1 aromatic heterocycles. The molecule has 0 saturated heterocycles. The van der Waals surface area contributed by atoms with Gasteiger partial charge in [-0.25, -0.2) is 4.68 Å². The molecule has 1 atom stereocenters. The molecule has 0 aliphatic heterocycles. The Hall–Kier alpha value is -2.71. The number of hydrogen-bond donors (Lipinski definition) is 1. The lowest BCUT2D eigenvalue weighted by molar-refractivity contribution is -0.384. The van der Waals surface area contributed by atoms with E-state index < -0.39 is 11.5 Å². The zero-order chi connectivity index (χ0) is 17.1. The van der Waals surface area contributed by atoms with Crippen molar-refractivity contribution in [3.63, 3.8) is 0 Å². The number of rotatable bonds is 6. The first-order valence-corrected chi connectivity index (χ1v) is 6.79. The molecule has 0 amide bonds. The molecule has 0 aliphatic carbocycles. The zero-order valence-corrected chi connectivity index (χ0v) is 12.8. The Morgan fingerprint density at radius 3 is 2.48 bits per heavy atom. The summed E-state index contributed by atoms with van der Waals surface area (Å²) >= 11 is 0. The van der Waals surface area contributed by atoms with Crippen LogP contribution in [0.25, 0.3) is 0 Å². The number of benzene rings is 1. The quantitative estimate of drug-likeness (QED) is 0.650. The van der Waals surface area contributed by atoms with Gasteiger partial charge in [0.1, 0.15) is 11.4 Å². The van der Waals surface area contributed by atoms with E-state index in [1.165, 1.54) is 16.8 Å². The van der Waals surface area contributed by atoms with Crippen molar-refractivity contribution in [3.05, 3.63) is 45.6 Å². The van der Waals surface area contributed by atoms with Gasteiger partial charge in [-0.15, -0.1) is 0 Å². The van der Waals surface area contributed by atoms with E-state index in [0.717, 1.165) is 5.56 Å². The third-order valence-electron chi connectivity index (χ3n) is 3.33. The SMILES string of the molecule is Cc1nn(C)c(N[C@@H](C)c2ccc(OC(F)F)cc2)c1[N+](=O)[O-]. The highest BCUT2D eigenvalue weighted by Crippen LogP contribution is 2.31. The second-order valence-electron chi connectivity index (χ2n) is 4.98. The van der Waals surface area contributed by atoms with Crippen molar-refractivity contribution < 1.29 is 18.4 Å². The van der Waals surface area contributed by atoms with E-state index in [4.69, 9.17) is 0 Å². The van der Waals surface area contributed by atoms with Gasteiger partial charge in [-0.1, -0.05) is 12.1 Å². The molecule has 7 nitrogen and oxygen atoms in total. The fourth-order valence-corrected chi connectivity index (χ4v) is 2.25. The molecule has 0 fully saturated rings. The first kappa shape index (κ1) is 16.7. The van der Waals surface area contributed by atoms with Gasteiger partial charge in [0.15, 0.2) is 0 Å². The maximum atomic E-state index is 12.1. The second-order valence-corrected chi connectivity index (χ2v) is 4.98. The lowest BCUT2D eigenvalue weighted by atomic mass is 10.1. The molecular weight excluding hydrogens is 310 g/mol. The number of nitro groups is 1. The Morgan fingerprint density at radius 2 is 1.96 bits per heavy atom. The van der Waals surface area contributed by atoms with Crippen LogP contribution in [-0.2, 0) is 7.05 Å². The molecule has 0 radical (unpaired) electrons. The minimum Gasteiger partial charge on any atom is -0.435 e.